The topological polar surface area (TPSA) is 81.7 Å². The van der Waals surface area contributed by atoms with Gasteiger partial charge in [-0.25, -0.2) is 4.79 Å². The molecule has 2 rings (SSSR count). The lowest BCUT2D eigenvalue weighted by molar-refractivity contribution is -0.149. The zero-order valence-electron chi connectivity index (χ0n) is 12.9. The highest BCUT2D eigenvalue weighted by atomic mass is 16.5. The summed E-state index contributed by atoms with van der Waals surface area (Å²) in [6.45, 7) is 0. The average molecular weight is 315 g/mol. The number of nitrogens with one attached hydrogen (secondary N) is 1. The standard InChI is InChI=1S/C17H17NO5/c1-22-15(19)10-14(17(21)23-2)18-16(20)13-8-7-11-5-3-4-6-12(11)9-13/h3-9,14H,10H2,1-2H3,(H,18,20)/t14-/m0/s1. The summed E-state index contributed by atoms with van der Waals surface area (Å²) in [6.07, 6.45) is -0.289. The third-order valence-corrected chi connectivity index (χ3v) is 3.40. The molecule has 2 aromatic rings. The van der Waals surface area contributed by atoms with E-state index < -0.39 is 23.9 Å². The predicted octanol–water partition coefficient (Wildman–Crippen LogP) is 1.67. The molecule has 0 aliphatic carbocycles. The van der Waals surface area contributed by atoms with E-state index in [9.17, 15) is 14.4 Å². The Morgan fingerprint density at radius 2 is 1.70 bits per heavy atom. The van der Waals surface area contributed by atoms with Gasteiger partial charge in [-0.3, -0.25) is 9.59 Å². The van der Waals surface area contributed by atoms with E-state index in [1.165, 1.54) is 14.2 Å². The molecular weight excluding hydrogens is 298 g/mol. The highest BCUT2D eigenvalue weighted by Gasteiger charge is 2.25. The molecule has 0 saturated carbocycles. The van der Waals surface area contributed by atoms with Gasteiger partial charge in [-0.15, -0.1) is 0 Å². The Morgan fingerprint density at radius 1 is 1.00 bits per heavy atom. The van der Waals surface area contributed by atoms with Crippen molar-refractivity contribution in [3.8, 4) is 0 Å². The fourth-order valence-electron chi connectivity index (χ4n) is 2.16. The molecule has 120 valence electrons. The maximum absolute atomic E-state index is 12.3. The van der Waals surface area contributed by atoms with Gasteiger partial charge in [0, 0.05) is 5.56 Å². The highest BCUT2D eigenvalue weighted by molar-refractivity contribution is 6.00. The van der Waals surface area contributed by atoms with E-state index >= 15 is 0 Å². The lowest BCUT2D eigenvalue weighted by Gasteiger charge is -2.15. The highest BCUT2D eigenvalue weighted by Crippen LogP contribution is 2.15. The van der Waals surface area contributed by atoms with Crippen molar-refractivity contribution in [3.05, 3.63) is 48.0 Å². The van der Waals surface area contributed by atoms with E-state index in [0.29, 0.717) is 5.56 Å². The Morgan fingerprint density at radius 3 is 2.35 bits per heavy atom. The minimum absolute atomic E-state index is 0.289. The quantitative estimate of drug-likeness (QED) is 0.849. The number of esters is 2. The Labute approximate surface area is 133 Å². The smallest absolute Gasteiger partial charge is 0.328 e. The first-order chi connectivity index (χ1) is 11.0. The van der Waals surface area contributed by atoms with Crippen LogP contribution >= 0.6 is 0 Å². The first kappa shape index (κ1) is 16.5. The van der Waals surface area contributed by atoms with Gasteiger partial charge in [0.25, 0.3) is 5.91 Å². The van der Waals surface area contributed by atoms with Gasteiger partial charge >= 0.3 is 11.9 Å². The van der Waals surface area contributed by atoms with Crippen molar-refractivity contribution in [1.82, 2.24) is 5.32 Å². The first-order valence-corrected chi connectivity index (χ1v) is 6.99. The van der Waals surface area contributed by atoms with Crippen molar-refractivity contribution in [1.29, 1.82) is 0 Å². The number of methoxy groups -OCH3 is 2. The fraction of sp³-hybridized carbons (Fsp3) is 0.235. The second-order valence-electron chi connectivity index (χ2n) is 4.89. The van der Waals surface area contributed by atoms with E-state index in [1.54, 1.807) is 12.1 Å². The van der Waals surface area contributed by atoms with Crippen LogP contribution in [0.3, 0.4) is 0 Å². The Balaban J connectivity index is 2.18. The van der Waals surface area contributed by atoms with E-state index in [1.807, 2.05) is 30.3 Å². The van der Waals surface area contributed by atoms with Gasteiger partial charge in [-0.1, -0.05) is 30.3 Å². The molecule has 1 amide bonds. The third kappa shape index (κ3) is 4.06. The number of fused-ring (bicyclic) bond motifs is 1. The van der Waals surface area contributed by atoms with Crippen LogP contribution in [-0.4, -0.2) is 38.1 Å². The van der Waals surface area contributed by atoms with Crippen molar-refractivity contribution in [2.45, 2.75) is 12.5 Å². The van der Waals surface area contributed by atoms with Gasteiger partial charge in [-0.05, 0) is 22.9 Å². The second kappa shape index (κ2) is 7.40. The number of benzene rings is 2. The molecule has 6 heteroatoms. The summed E-state index contributed by atoms with van der Waals surface area (Å²) in [5.74, 6) is -1.78. The maximum Gasteiger partial charge on any atom is 0.328 e. The lowest BCUT2D eigenvalue weighted by atomic mass is 10.1. The molecule has 2 aromatic carbocycles. The molecule has 0 aromatic heterocycles. The third-order valence-electron chi connectivity index (χ3n) is 3.40. The van der Waals surface area contributed by atoms with Crippen LogP contribution in [-0.2, 0) is 19.1 Å². The minimum atomic E-state index is -1.09. The van der Waals surface area contributed by atoms with Crippen LogP contribution in [0.5, 0.6) is 0 Å². The van der Waals surface area contributed by atoms with Crippen molar-refractivity contribution in [2.24, 2.45) is 0 Å². The number of ether oxygens (including phenoxy) is 2. The SMILES string of the molecule is COC(=O)C[C@H](NC(=O)c1ccc2ccccc2c1)C(=O)OC. The van der Waals surface area contributed by atoms with E-state index in [0.717, 1.165) is 10.8 Å². The molecule has 0 aliphatic heterocycles. The Bertz CT molecular complexity index is 741. The van der Waals surface area contributed by atoms with Gasteiger partial charge in [0.05, 0.1) is 20.6 Å². The summed E-state index contributed by atoms with van der Waals surface area (Å²) in [6, 6.07) is 11.7. The van der Waals surface area contributed by atoms with E-state index in [2.05, 4.69) is 14.8 Å². The number of carbonyl (C=O) groups excluding carboxylic acids is 3. The van der Waals surface area contributed by atoms with Crippen LogP contribution in [0.25, 0.3) is 10.8 Å². The summed E-state index contributed by atoms with van der Waals surface area (Å²) < 4.78 is 9.13. The number of carbonyl (C=O) groups is 3. The van der Waals surface area contributed by atoms with E-state index in [4.69, 9.17) is 0 Å². The maximum atomic E-state index is 12.3. The molecule has 0 unspecified atom stereocenters. The molecule has 6 nitrogen and oxygen atoms in total. The van der Waals surface area contributed by atoms with Crippen LogP contribution < -0.4 is 5.32 Å². The van der Waals surface area contributed by atoms with Crippen molar-refractivity contribution < 1.29 is 23.9 Å². The predicted molar refractivity (Wildman–Crippen MR) is 83.9 cm³/mol. The summed E-state index contributed by atoms with van der Waals surface area (Å²) in [7, 11) is 2.40. The zero-order chi connectivity index (χ0) is 16.8. The molecule has 0 bridgehead atoms. The fourth-order valence-corrected chi connectivity index (χ4v) is 2.16. The van der Waals surface area contributed by atoms with Gasteiger partial charge < -0.3 is 14.8 Å². The molecule has 0 spiro atoms. The summed E-state index contributed by atoms with van der Waals surface area (Å²) in [4.78, 5) is 35.4. The van der Waals surface area contributed by atoms with Crippen LogP contribution in [0, 0.1) is 0 Å². The van der Waals surface area contributed by atoms with Gasteiger partial charge in [0.15, 0.2) is 0 Å². The van der Waals surface area contributed by atoms with Gasteiger partial charge in [0.2, 0.25) is 0 Å². The molecule has 1 N–H and O–H groups in total. The summed E-state index contributed by atoms with van der Waals surface area (Å²) in [5, 5.41) is 4.41. The second-order valence-corrected chi connectivity index (χ2v) is 4.89. The van der Waals surface area contributed by atoms with Crippen LogP contribution in [0.2, 0.25) is 0 Å². The molecule has 0 aliphatic rings. The van der Waals surface area contributed by atoms with Crippen molar-refractivity contribution in [3.63, 3.8) is 0 Å². The molecule has 0 saturated heterocycles. The molecule has 1 atom stereocenters. The lowest BCUT2D eigenvalue weighted by Crippen LogP contribution is -2.43. The van der Waals surface area contributed by atoms with Crippen molar-refractivity contribution in [2.75, 3.05) is 14.2 Å². The number of amides is 1. The molecular formula is C17H17NO5. The number of hydrogen-bond acceptors (Lipinski definition) is 5. The summed E-state index contributed by atoms with van der Waals surface area (Å²) >= 11 is 0. The van der Waals surface area contributed by atoms with E-state index in [-0.39, 0.29) is 6.42 Å². The van der Waals surface area contributed by atoms with Crippen molar-refractivity contribution >= 4 is 28.6 Å². The molecule has 0 heterocycles. The van der Waals surface area contributed by atoms with Gasteiger partial charge in [0.1, 0.15) is 6.04 Å². The first-order valence-electron chi connectivity index (χ1n) is 6.99. The molecule has 0 fully saturated rings. The normalized spacial score (nSPS) is 11.6. The summed E-state index contributed by atoms with van der Waals surface area (Å²) in [5.41, 5.74) is 0.391. The van der Waals surface area contributed by atoms with Crippen LogP contribution in [0.15, 0.2) is 42.5 Å². The molecule has 0 radical (unpaired) electrons. The van der Waals surface area contributed by atoms with Crippen LogP contribution in [0.1, 0.15) is 16.8 Å². The number of hydrogen-bond donors (Lipinski definition) is 1. The zero-order valence-corrected chi connectivity index (χ0v) is 12.9. The largest absolute Gasteiger partial charge is 0.469 e. The minimum Gasteiger partial charge on any atom is -0.469 e. The van der Waals surface area contributed by atoms with Crippen LogP contribution in [0.4, 0.5) is 0 Å². The number of rotatable bonds is 5. The Kier molecular flexibility index (Phi) is 5.30. The molecule has 23 heavy (non-hydrogen) atoms. The monoisotopic (exact) mass is 315 g/mol. The average Bonchev–Trinajstić information content (AvgIpc) is 2.59. The Hall–Kier alpha value is -2.89. The van der Waals surface area contributed by atoms with Gasteiger partial charge in [-0.2, -0.15) is 0 Å².